The normalized spacial score (nSPS) is 13.3. The third kappa shape index (κ3) is 2.89. The average molecular weight is 428 g/mol. The lowest BCUT2D eigenvalue weighted by Gasteiger charge is -2.14. The Hall–Kier alpha value is -4.27. The van der Waals surface area contributed by atoms with Crippen LogP contribution >= 0.6 is 0 Å². The van der Waals surface area contributed by atoms with E-state index in [-0.39, 0.29) is 18.0 Å². The molecule has 0 atom stereocenters. The highest BCUT2D eigenvalue weighted by molar-refractivity contribution is 5.98. The minimum Gasteiger partial charge on any atom is -0.344 e. The van der Waals surface area contributed by atoms with Gasteiger partial charge in [-0.2, -0.15) is 4.98 Å². The maximum absolute atomic E-state index is 13.8. The van der Waals surface area contributed by atoms with Crippen molar-refractivity contribution in [1.29, 1.82) is 0 Å². The van der Waals surface area contributed by atoms with Gasteiger partial charge in [0, 0.05) is 19.4 Å². The number of carbonyl (C=O) groups excluding carboxylic acids is 1. The molecule has 0 N–H and O–H groups in total. The van der Waals surface area contributed by atoms with Crippen LogP contribution in [0.3, 0.4) is 0 Å². The predicted octanol–water partition coefficient (Wildman–Crippen LogP) is 3.65. The zero-order valence-electron chi connectivity index (χ0n) is 17.1. The SMILES string of the molecule is CN1Cc2c(-c3noc(Cn4cc5ccccc5c4)n3)ncn2-c2ccc(F)cc2C1=O. The van der Waals surface area contributed by atoms with Gasteiger partial charge in [-0.1, -0.05) is 29.4 Å². The summed E-state index contributed by atoms with van der Waals surface area (Å²) < 4.78 is 23.0. The van der Waals surface area contributed by atoms with Crippen molar-refractivity contribution in [2.24, 2.45) is 0 Å². The first-order chi connectivity index (χ1) is 15.6. The Morgan fingerprint density at radius 3 is 2.69 bits per heavy atom. The molecule has 9 heteroatoms. The lowest BCUT2D eigenvalue weighted by Crippen LogP contribution is -2.25. The van der Waals surface area contributed by atoms with Crippen LogP contribution in [-0.4, -0.2) is 42.1 Å². The molecule has 0 radical (unpaired) electrons. The first-order valence-corrected chi connectivity index (χ1v) is 10.1. The van der Waals surface area contributed by atoms with Gasteiger partial charge in [0.25, 0.3) is 5.91 Å². The monoisotopic (exact) mass is 428 g/mol. The van der Waals surface area contributed by atoms with Crippen LogP contribution in [0, 0.1) is 5.82 Å². The van der Waals surface area contributed by atoms with Crippen LogP contribution in [-0.2, 0) is 13.1 Å². The highest BCUT2D eigenvalue weighted by Crippen LogP contribution is 2.30. The molecule has 0 saturated carbocycles. The third-order valence-electron chi connectivity index (χ3n) is 5.65. The second kappa shape index (κ2) is 6.88. The Morgan fingerprint density at radius 2 is 1.91 bits per heavy atom. The number of fused-ring (bicyclic) bond motifs is 4. The number of halogens is 1. The number of nitrogens with zero attached hydrogens (tertiary/aromatic N) is 6. The molecule has 0 aliphatic carbocycles. The van der Waals surface area contributed by atoms with Crippen molar-refractivity contribution in [3.8, 4) is 17.2 Å². The second-order valence-electron chi connectivity index (χ2n) is 7.80. The van der Waals surface area contributed by atoms with E-state index in [0.717, 1.165) is 16.5 Å². The van der Waals surface area contributed by atoms with Gasteiger partial charge in [-0.3, -0.25) is 9.36 Å². The predicted molar refractivity (Wildman–Crippen MR) is 114 cm³/mol. The minimum absolute atomic E-state index is 0.261. The van der Waals surface area contributed by atoms with Gasteiger partial charge in [-0.15, -0.1) is 0 Å². The summed E-state index contributed by atoms with van der Waals surface area (Å²) in [6, 6.07) is 12.2. The highest BCUT2D eigenvalue weighted by atomic mass is 19.1. The van der Waals surface area contributed by atoms with Crippen LogP contribution in [0.1, 0.15) is 21.9 Å². The van der Waals surface area contributed by atoms with Crippen molar-refractivity contribution >= 4 is 16.7 Å². The number of carbonyl (C=O) groups is 1. The molecular formula is C23H17FN6O2. The molecule has 2 aromatic carbocycles. The number of benzene rings is 2. The van der Waals surface area contributed by atoms with Gasteiger partial charge >= 0.3 is 0 Å². The van der Waals surface area contributed by atoms with E-state index in [2.05, 4.69) is 15.1 Å². The molecule has 0 spiro atoms. The fourth-order valence-corrected chi connectivity index (χ4v) is 4.11. The number of amides is 1. The van der Waals surface area contributed by atoms with E-state index in [0.29, 0.717) is 29.6 Å². The molecule has 1 aliphatic rings. The number of hydrogen-bond acceptors (Lipinski definition) is 5. The zero-order chi connectivity index (χ0) is 21.8. The highest BCUT2D eigenvalue weighted by Gasteiger charge is 2.28. The van der Waals surface area contributed by atoms with Gasteiger partial charge in [0.15, 0.2) is 0 Å². The summed E-state index contributed by atoms with van der Waals surface area (Å²) in [5.74, 6) is 0.0665. The average Bonchev–Trinajstić information content (AvgIpc) is 3.50. The summed E-state index contributed by atoms with van der Waals surface area (Å²) in [6.45, 7) is 0.704. The Labute approximate surface area is 181 Å². The Bertz CT molecular complexity index is 1460. The van der Waals surface area contributed by atoms with Crippen molar-refractivity contribution in [1.82, 2.24) is 29.2 Å². The molecule has 158 valence electrons. The van der Waals surface area contributed by atoms with Crippen LogP contribution in [0.5, 0.6) is 0 Å². The minimum atomic E-state index is -0.463. The summed E-state index contributed by atoms with van der Waals surface area (Å²) >= 11 is 0. The maximum atomic E-state index is 13.8. The topological polar surface area (TPSA) is 82.0 Å². The molecule has 8 nitrogen and oxygen atoms in total. The van der Waals surface area contributed by atoms with Gasteiger partial charge in [0.1, 0.15) is 24.4 Å². The van der Waals surface area contributed by atoms with E-state index >= 15 is 0 Å². The Kier molecular flexibility index (Phi) is 3.97. The van der Waals surface area contributed by atoms with Gasteiger partial charge in [0.2, 0.25) is 11.7 Å². The third-order valence-corrected chi connectivity index (χ3v) is 5.65. The van der Waals surface area contributed by atoms with Crippen LogP contribution in [0.15, 0.2) is 65.7 Å². The molecule has 4 heterocycles. The van der Waals surface area contributed by atoms with E-state index in [1.807, 2.05) is 41.2 Å². The summed E-state index contributed by atoms with van der Waals surface area (Å²) in [4.78, 5) is 23.3. The fourth-order valence-electron chi connectivity index (χ4n) is 4.11. The van der Waals surface area contributed by atoms with Crippen molar-refractivity contribution in [3.05, 3.63) is 84.2 Å². The quantitative estimate of drug-likeness (QED) is 0.438. The number of rotatable bonds is 3. The lowest BCUT2D eigenvalue weighted by atomic mass is 10.1. The first-order valence-electron chi connectivity index (χ1n) is 10.1. The van der Waals surface area contributed by atoms with Crippen LogP contribution in [0.4, 0.5) is 4.39 Å². The molecule has 3 aromatic heterocycles. The molecule has 5 aromatic rings. The summed E-state index contributed by atoms with van der Waals surface area (Å²) in [7, 11) is 1.67. The molecule has 32 heavy (non-hydrogen) atoms. The molecule has 0 saturated heterocycles. The molecule has 0 unspecified atom stereocenters. The van der Waals surface area contributed by atoms with E-state index in [1.165, 1.54) is 17.0 Å². The first kappa shape index (κ1) is 18.5. The largest absolute Gasteiger partial charge is 0.344 e. The number of hydrogen-bond donors (Lipinski definition) is 0. The summed E-state index contributed by atoms with van der Waals surface area (Å²) in [5.41, 5.74) is 2.10. The van der Waals surface area contributed by atoms with E-state index in [4.69, 9.17) is 4.52 Å². The van der Waals surface area contributed by atoms with Crippen LogP contribution in [0.2, 0.25) is 0 Å². The van der Waals surface area contributed by atoms with Crippen LogP contribution in [0.25, 0.3) is 28.0 Å². The zero-order valence-corrected chi connectivity index (χ0v) is 17.1. The van der Waals surface area contributed by atoms with Crippen LogP contribution < -0.4 is 0 Å². The van der Waals surface area contributed by atoms with Crippen molar-refractivity contribution in [2.45, 2.75) is 13.1 Å². The van der Waals surface area contributed by atoms with Crippen molar-refractivity contribution in [2.75, 3.05) is 7.05 Å². The lowest BCUT2D eigenvalue weighted by molar-refractivity contribution is 0.0787. The Balaban J connectivity index is 1.37. The fraction of sp³-hybridized carbons (Fsp3) is 0.130. The second-order valence-corrected chi connectivity index (χ2v) is 7.80. The van der Waals surface area contributed by atoms with Gasteiger partial charge < -0.3 is 14.0 Å². The van der Waals surface area contributed by atoms with Crippen molar-refractivity contribution < 1.29 is 13.7 Å². The molecule has 1 amide bonds. The van der Waals surface area contributed by atoms with E-state index in [1.54, 1.807) is 24.0 Å². The van der Waals surface area contributed by atoms with E-state index < -0.39 is 5.82 Å². The molecule has 6 rings (SSSR count). The maximum Gasteiger partial charge on any atom is 0.256 e. The Morgan fingerprint density at radius 1 is 1.12 bits per heavy atom. The van der Waals surface area contributed by atoms with Crippen molar-refractivity contribution in [3.63, 3.8) is 0 Å². The van der Waals surface area contributed by atoms with Gasteiger partial charge in [-0.25, -0.2) is 9.37 Å². The molecular weight excluding hydrogens is 411 g/mol. The van der Waals surface area contributed by atoms with E-state index in [9.17, 15) is 9.18 Å². The standard InChI is InChI=1S/C23H17FN6O2/c1-28-11-19-21(25-13-30(19)18-7-6-16(24)8-17(18)23(28)31)22-26-20(32-27-22)12-29-9-14-4-2-3-5-15(14)10-29/h2-10,13H,11-12H2,1H3. The van der Waals surface area contributed by atoms with Gasteiger partial charge in [0.05, 0.1) is 23.5 Å². The smallest absolute Gasteiger partial charge is 0.256 e. The summed E-state index contributed by atoms with van der Waals surface area (Å²) in [5, 5.41) is 6.39. The molecule has 0 fully saturated rings. The van der Waals surface area contributed by atoms with Gasteiger partial charge in [-0.05, 0) is 29.0 Å². The molecule has 0 bridgehead atoms. The number of aromatic nitrogens is 5. The molecule has 1 aliphatic heterocycles. The summed E-state index contributed by atoms with van der Waals surface area (Å²) in [6.07, 6.45) is 5.65. The number of imidazole rings is 1.